The van der Waals surface area contributed by atoms with E-state index in [4.69, 9.17) is 0 Å². The number of nitro benzene ring substituents is 1. The summed E-state index contributed by atoms with van der Waals surface area (Å²) in [5, 5.41) is 14.1. The molecule has 0 bridgehead atoms. The molecule has 1 aromatic rings. The molecule has 1 atom stereocenters. The molecule has 4 heteroatoms. The quantitative estimate of drug-likeness (QED) is 0.627. The van der Waals surface area contributed by atoms with Gasteiger partial charge in [-0.3, -0.25) is 10.1 Å². The molecule has 0 saturated carbocycles. The van der Waals surface area contributed by atoms with Gasteiger partial charge in [0.1, 0.15) is 5.69 Å². The molecule has 0 spiro atoms. The third-order valence-electron chi connectivity index (χ3n) is 2.82. The fourth-order valence-electron chi connectivity index (χ4n) is 1.39. The van der Waals surface area contributed by atoms with E-state index in [1.165, 1.54) is 6.07 Å². The van der Waals surface area contributed by atoms with Crippen molar-refractivity contribution in [1.29, 1.82) is 0 Å². The van der Waals surface area contributed by atoms with Gasteiger partial charge in [-0.2, -0.15) is 0 Å². The first kappa shape index (κ1) is 12.5. The van der Waals surface area contributed by atoms with Crippen LogP contribution in [0.3, 0.4) is 0 Å². The van der Waals surface area contributed by atoms with Gasteiger partial charge in [-0.15, -0.1) is 0 Å². The molecule has 0 heterocycles. The van der Waals surface area contributed by atoms with E-state index in [0.29, 0.717) is 11.6 Å². The first-order chi connectivity index (χ1) is 7.43. The van der Waals surface area contributed by atoms with Crippen LogP contribution >= 0.6 is 0 Å². The van der Waals surface area contributed by atoms with Gasteiger partial charge in [0.15, 0.2) is 0 Å². The third-order valence-corrected chi connectivity index (χ3v) is 2.82. The summed E-state index contributed by atoms with van der Waals surface area (Å²) in [5.74, 6) is 0.430. The third kappa shape index (κ3) is 2.72. The Morgan fingerprint density at radius 3 is 2.44 bits per heavy atom. The summed E-state index contributed by atoms with van der Waals surface area (Å²) in [6, 6.07) is 5.32. The number of anilines is 1. The van der Waals surface area contributed by atoms with Gasteiger partial charge in [0.2, 0.25) is 0 Å². The summed E-state index contributed by atoms with van der Waals surface area (Å²) in [7, 11) is 0. The molecule has 4 nitrogen and oxygen atoms in total. The molecule has 88 valence electrons. The summed E-state index contributed by atoms with van der Waals surface area (Å²) in [6.45, 7) is 8.08. The van der Waals surface area contributed by atoms with Crippen LogP contribution < -0.4 is 5.32 Å². The van der Waals surface area contributed by atoms with Crippen LogP contribution in [0.25, 0.3) is 0 Å². The van der Waals surface area contributed by atoms with Crippen LogP contribution in [0.15, 0.2) is 18.2 Å². The highest BCUT2D eigenvalue weighted by Gasteiger charge is 2.18. The average molecular weight is 222 g/mol. The molecule has 0 radical (unpaired) electrons. The minimum atomic E-state index is -0.345. The number of nitrogens with zero attached hydrogens (tertiary/aromatic N) is 1. The maximum Gasteiger partial charge on any atom is 0.292 e. The van der Waals surface area contributed by atoms with Gasteiger partial charge in [-0.25, -0.2) is 0 Å². The fraction of sp³-hybridized carbons (Fsp3) is 0.500. The molecular formula is C12H18N2O2. The van der Waals surface area contributed by atoms with Gasteiger partial charge in [0.25, 0.3) is 5.69 Å². The molecule has 0 aliphatic carbocycles. The first-order valence-corrected chi connectivity index (χ1v) is 5.44. The maximum absolute atomic E-state index is 10.9. The normalized spacial score (nSPS) is 12.6. The van der Waals surface area contributed by atoms with Crippen LogP contribution in [0.1, 0.15) is 26.3 Å². The Balaban J connectivity index is 3.06. The predicted molar refractivity (Wildman–Crippen MR) is 65.8 cm³/mol. The number of nitrogens with one attached hydrogen (secondary N) is 1. The second-order valence-electron chi connectivity index (χ2n) is 4.40. The van der Waals surface area contributed by atoms with Gasteiger partial charge in [0.05, 0.1) is 4.92 Å². The Bertz CT molecular complexity index is 389. The molecule has 0 aliphatic rings. The highest BCUT2D eigenvalue weighted by molar-refractivity contribution is 5.66. The van der Waals surface area contributed by atoms with E-state index in [0.717, 1.165) is 5.56 Å². The molecule has 1 aromatic carbocycles. The first-order valence-electron chi connectivity index (χ1n) is 5.44. The van der Waals surface area contributed by atoms with Crippen molar-refractivity contribution in [3.05, 3.63) is 33.9 Å². The Kier molecular flexibility index (Phi) is 3.88. The van der Waals surface area contributed by atoms with Crippen LogP contribution in [-0.2, 0) is 0 Å². The van der Waals surface area contributed by atoms with Crippen molar-refractivity contribution in [3.8, 4) is 0 Å². The molecule has 0 aromatic heterocycles. The van der Waals surface area contributed by atoms with Gasteiger partial charge >= 0.3 is 0 Å². The van der Waals surface area contributed by atoms with Crippen molar-refractivity contribution in [1.82, 2.24) is 0 Å². The van der Waals surface area contributed by atoms with Crippen molar-refractivity contribution >= 4 is 11.4 Å². The van der Waals surface area contributed by atoms with Gasteiger partial charge in [-0.05, 0) is 25.3 Å². The highest BCUT2D eigenvalue weighted by atomic mass is 16.6. The number of rotatable bonds is 4. The Hall–Kier alpha value is -1.58. The number of para-hydroxylation sites is 1. The highest BCUT2D eigenvalue weighted by Crippen LogP contribution is 2.28. The second-order valence-corrected chi connectivity index (χ2v) is 4.40. The van der Waals surface area contributed by atoms with Gasteiger partial charge in [0, 0.05) is 12.1 Å². The lowest BCUT2D eigenvalue weighted by Crippen LogP contribution is -2.22. The summed E-state index contributed by atoms with van der Waals surface area (Å²) in [5.41, 5.74) is 1.68. The van der Waals surface area contributed by atoms with E-state index < -0.39 is 0 Å². The number of hydrogen-bond acceptors (Lipinski definition) is 3. The van der Waals surface area contributed by atoms with Crippen LogP contribution in [0, 0.1) is 23.0 Å². The van der Waals surface area contributed by atoms with Crippen LogP contribution in [0.5, 0.6) is 0 Å². The summed E-state index contributed by atoms with van der Waals surface area (Å²) in [6.07, 6.45) is 0. The maximum atomic E-state index is 10.9. The van der Waals surface area contributed by atoms with E-state index in [-0.39, 0.29) is 16.7 Å². The SMILES string of the molecule is Cc1cccc([N+](=O)[O-])c1NC(C)C(C)C. The zero-order valence-electron chi connectivity index (χ0n) is 10.2. The van der Waals surface area contributed by atoms with Gasteiger partial charge in [-0.1, -0.05) is 26.0 Å². The molecule has 1 N–H and O–H groups in total. The zero-order valence-corrected chi connectivity index (χ0v) is 10.2. The summed E-state index contributed by atoms with van der Waals surface area (Å²) < 4.78 is 0. The number of hydrogen-bond donors (Lipinski definition) is 1. The lowest BCUT2D eigenvalue weighted by atomic mass is 10.0. The Labute approximate surface area is 95.8 Å². The van der Waals surface area contributed by atoms with Crippen molar-refractivity contribution in [3.63, 3.8) is 0 Å². The smallest absolute Gasteiger partial charge is 0.292 e. The lowest BCUT2D eigenvalue weighted by Gasteiger charge is -2.19. The van der Waals surface area contributed by atoms with E-state index in [1.54, 1.807) is 6.07 Å². The van der Waals surface area contributed by atoms with Gasteiger partial charge < -0.3 is 5.32 Å². The molecular weight excluding hydrogens is 204 g/mol. The van der Waals surface area contributed by atoms with E-state index in [1.807, 2.05) is 19.9 Å². The second kappa shape index (κ2) is 4.96. The van der Waals surface area contributed by atoms with Crippen molar-refractivity contribution < 1.29 is 4.92 Å². The zero-order chi connectivity index (χ0) is 12.3. The van der Waals surface area contributed by atoms with Crippen LogP contribution in [0.2, 0.25) is 0 Å². The number of benzene rings is 1. The average Bonchev–Trinajstić information content (AvgIpc) is 2.20. The Morgan fingerprint density at radius 2 is 1.94 bits per heavy atom. The number of aryl methyl sites for hydroxylation is 1. The predicted octanol–water partition coefficient (Wildman–Crippen LogP) is 3.36. The van der Waals surface area contributed by atoms with Crippen molar-refractivity contribution in [2.24, 2.45) is 5.92 Å². The molecule has 1 unspecified atom stereocenters. The van der Waals surface area contributed by atoms with E-state index in [9.17, 15) is 10.1 Å². The molecule has 1 rings (SSSR count). The van der Waals surface area contributed by atoms with E-state index in [2.05, 4.69) is 19.2 Å². The summed E-state index contributed by atoms with van der Waals surface area (Å²) in [4.78, 5) is 10.5. The fourth-order valence-corrected chi connectivity index (χ4v) is 1.39. The van der Waals surface area contributed by atoms with Crippen molar-refractivity contribution in [2.45, 2.75) is 33.7 Å². The van der Waals surface area contributed by atoms with Crippen LogP contribution in [-0.4, -0.2) is 11.0 Å². The number of nitro groups is 1. The monoisotopic (exact) mass is 222 g/mol. The van der Waals surface area contributed by atoms with Crippen LogP contribution in [0.4, 0.5) is 11.4 Å². The largest absolute Gasteiger partial charge is 0.377 e. The minimum Gasteiger partial charge on any atom is -0.377 e. The molecule has 0 aliphatic heterocycles. The Morgan fingerprint density at radius 1 is 1.31 bits per heavy atom. The molecule has 0 saturated heterocycles. The summed E-state index contributed by atoms with van der Waals surface area (Å²) >= 11 is 0. The lowest BCUT2D eigenvalue weighted by molar-refractivity contribution is -0.384. The van der Waals surface area contributed by atoms with Crippen molar-refractivity contribution in [2.75, 3.05) is 5.32 Å². The molecule has 0 fully saturated rings. The van der Waals surface area contributed by atoms with E-state index >= 15 is 0 Å². The molecule has 0 amide bonds. The minimum absolute atomic E-state index is 0.146. The standard InChI is InChI=1S/C12H18N2O2/c1-8(2)10(4)13-12-9(3)6-5-7-11(12)14(15)16/h5-8,10,13H,1-4H3. The topological polar surface area (TPSA) is 55.2 Å². The molecule has 16 heavy (non-hydrogen) atoms.